The smallest absolute Gasteiger partial charge is 0.328 e. The highest BCUT2D eigenvalue weighted by Crippen LogP contribution is 2.13. The lowest BCUT2D eigenvalue weighted by Crippen LogP contribution is -1.97. The largest absolute Gasteiger partial charge is 0.493 e. The van der Waals surface area contributed by atoms with E-state index in [1.54, 1.807) is 6.08 Å². The first kappa shape index (κ1) is 13.0. The first-order valence-corrected chi connectivity index (χ1v) is 5.36. The summed E-state index contributed by atoms with van der Waals surface area (Å²) in [7, 11) is 0. The minimum atomic E-state index is -0.952. The predicted molar refractivity (Wildman–Crippen MR) is 68.0 cm³/mol. The zero-order chi connectivity index (χ0) is 12.7. The molecule has 3 heteroatoms. The topological polar surface area (TPSA) is 46.5 Å². The second kappa shape index (κ2) is 6.53. The Kier molecular flexibility index (Phi) is 5.01. The summed E-state index contributed by atoms with van der Waals surface area (Å²) in [5.41, 5.74) is 1.92. The SMILES string of the molecule is C=C(C)CCOc1ccc(/C=C/C(=O)O)cc1. The maximum Gasteiger partial charge on any atom is 0.328 e. The molecule has 1 aromatic carbocycles. The molecule has 0 aliphatic rings. The Morgan fingerprint density at radius 1 is 1.41 bits per heavy atom. The first-order valence-electron chi connectivity index (χ1n) is 5.36. The molecule has 1 rings (SSSR count). The molecule has 0 amide bonds. The molecule has 0 fully saturated rings. The number of benzene rings is 1. The number of ether oxygens (including phenoxy) is 1. The number of hydrogen-bond acceptors (Lipinski definition) is 2. The van der Waals surface area contributed by atoms with Gasteiger partial charge in [-0.05, 0) is 30.7 Å². The van der Waals surface area contributed by atoms with E-state index in [0.29, 0.717) is 6.61 Å². The Hall–Kier alpha value is -2.03. The highest BCUT2D eigenvalue weighted by molar-refractivity contribution is 5.85. The van der Waals surface area contributed by atoms with Gasteiger partial charge in [0, 0.05) is 12.5 Å². The third kappa shape index (κ3) is 5.56. The van der Waals surface area contributed by atoms with Gasteiger partial charge in [0.05, 0.1) is 6.61 Å². The van der Waals surface area contributed by atoms with Crippen LogP contribution >= 0.6 is 0 Å². The van der Waals surface area contributed by atoms with Crippen LogP contribution in [-0.2, 0) is 4.79 Å². The summed E-state index contributed by atoms with van der Waals surface area (Å²) in [4.78, 5) is 10.3. The van der Waals surface area contributed by atoms with Crippen molar-refractivity contribution >= 4 is 12.0 Å². The summed E-state index contributed by atoms with van der Waals surface area (Å²) in [5, 5.41) is 8.48. The molecule has 0 bridgehead atoms. The van der Waals surface area contributed by atoms with Gasteiger partial charge in [-0.15, -0.1) is 6.58 Å². The number of carbonyl (C=O) groups is 1. The van der Waals surface area contributed by atoms with Crippen molar-refractivity contribution in [1.82, 2.24) is 0 Å². The van der Waals surface area contributed by atoms with Crippen LogP contribution in [0.3, 0.4) is 0 Å². The number of carboxylic acid groups (broad SMARTS) is 1. The van der Waals surface area contributed by atoms with Crippen LogP contribution in [0, 0.1) is 0 Å². The van der Waals surface area contributed by atoms with Crippen LogP contribution in [0.1, 0.15) is 18.9 Å². The molecule has 0 saturated carbocycles. The fraction of sp³-hybridized carbons (Fsp3) is 0.214. The Labute approximate surface area is 101 Å². The van der Waals surface area contributed by atoms with Crippen LogP contribution in [0.5, 0.6) is 5.75 Å². The molecular formula is C14H16O3. The molecule has 1 N–H and O–H groups in total. The summed E-state index contributed by atoms with van der Waals surface area (Å²) in [6.07, 6.45) is 3.48. The minimum absolute atomic E-state index is 0.611. The Bertz CT molecular complexity index is 416. The van der Waals surface area contributed by atoms with Crippen LogP contribution in [0.15, 0.2) is 42.5 Å². The molecule has 0 atom stereocenters. The monoisotopic (exact) mass is 232 g/mol. The van der Waals surface area contributed by atoms with Gasteiger partial charge in [0.15, 0.2) is 0 Å². The molecular weight excluding hydrogens is 216 g/mol. The molecule has 0 saturated heterocycles. The molecule has 1 aromatic rings. The van der Waals surface area contributed by atoms with Gasteiger partial charge >= 0.3 is 5.97 Å². The molecule has 0 spiro atoms. The average molecular weight is 232 g/mol. The van der Waals surface area contributed by atoms with Crippen molar-refractivity contribution < 1.29 is 14.6 Å². The van der Waals surface area contributed by atoms with Crippen LogP contribution < -0.4 is 4.74 Å². The normalized spacial score (nSPS) is 10.4. The van der Waals surface area contributed by atoms with E-state index in [-0.39, 0.29) is 0 Å². The fourth-order valence-electron chi connectivity index (χ4n) is 1.19. The van der Waals surface area contributed by atoms with Crippen LogP contribution in [-0.4, -0.2) is 17.7 Å². The zero-order valence-electron chi connectivity index (χ0n) is 9.85. The lowest BCUT2D eigenvalue weighted by molar-refractivity contribution is -0.131. The molecule has 3 nitrogen and oxygen atoms in total. The highest BCUT2D eigenvalue weighted by Gasteiger charge is 1.94. The molecule has 0 aliphatic heterocycles. The third-order valence-electron chi connectivity index (χ3n) is 2.10. The van der Waals surface area contributed by atoms with Gasteiger partial charge in [-0.3, -0.25) is 0 Å². The molecule has 90 valence electrons. The van der Waals surface area contributed by atoms with Gasteiger partial charge in [-0.1, -0.05) is 17.7 Å². The Morgan fingerprint density at radius 3 is 2.59 bits per heavy atom. The van der Waals surface area contributed by atoms with Crippen molar-refractivity contribution in [2.45, 2.75) is 13.3 Å². The lowest BCUT2D eigenvalue weighted by atomic mass is 10.2. The van der Waals surface area contributed by atoms with Crippen molar-refractivity contribution in [1.29, 1.82) is 0 Å². The highest BCUT2D eigenvalue weighted by atomic mass is 16.5. The van der Waals surface area contributed by atoms with Crippen LogP contribution in [0.4, 0.5) is 0 Å². The van der Waals surface area contributed by atoms with E-state index in [0.717, 1.165) is 29.4 Å². The average Bonchev–Trinajstić information content (AvgIpc) is 2.27. The molecule has 0 heterocycles. The van der Waals surface area contributed by atoms with E-state index in [9.17, 15) is 4.79 Å². The maximum atomic E-state index is 10.3. The second-order valence-corrected chi connectivity index (χ2v) is 3.80. The summed E-state index contributed by atoms with van der Waals surface area (Å²) in [5.74, 6) is -0.175. The number of hydrogen-bond donors (Lipinski definition) is 1. The maximum absolute atomic E-state index is 10.3. The van der Waals surface area contributed by atoms with Gasteiger partial charge in [0.2, 0.25) is 0 Å². The number of aliphatic carboxylic acids is 1. The van der Waals surface area contributed by atoms with E-state index >= 15 is 0 Å². The van der Waals surface area contributed by atoms with Gasteiger partial charge in [-0.2, -0.15) is 0 Å². The third-order valence-corrected chi connectivity index (χ3v) is 2.10. The Morgan fingerprint density at radius 2 is 2.06 bits per heavy atom. The molecule has 0 radical (unpaired) electrons. The molecule has 17 heavy (non-hydrogen) atoms. The second-order valence-electron chi connectivity index (χ2n) is 3.80. The van der Waals surface area contributed by atoms with Crippen LogP contribution in [0.25, 0.3) is 6.08 Å². The van der Waals surface area contributed by atoms with E-state index in [2.05, 4.69) is 6.58 Å². The summed E-state index contributed by atoms with van der Waals surface area (Å²) in [6, 6.07) is 7.27. The van der Waals surface area contributed by atoms with Gasteiger partial charge in [0.1, 0.15) is 5.75 Å². The van der Waals surface area contributed by atoms with E-state index in [1.165, 1.54) is 0 Å². The quantitative estimate of drug-likeness (QED) is 0.605. The van der Waals surface area contributed by atoms with E-state index < -0.39 is 5.97 Å². The minimum Gasteiger partial charge on any atom is -0.493 e. The number of carboxylic acids is 1. The summed E-state index contributed by atoms with van der Waals surface area (Å²) >= 11 is 0. The zero-order valence-corrected chi connectivity index (χ0v) is 9.85. The van der Waals surface area contributed by atoms with Crippen LogP contribution in [0.2, 0.25) is 0 Å². The van der Waals surface area contributed by atoms with E-state index in [1.807, 2.05) is 31.2 Å². The first-order chi connectivity index (χ1) is 8.08. The van der Waals surface area contributed by atoms with Crippen molar-refractivity contribution in [3.63, 3.8) is 0 Å². The fourth-order valence-corrected chi connectivity index (χ4v) is 1.19. The standard InChI is InChI=1S/C14H16O3/c1-11(2)9-10-17-13-6-3-12(4-7-13)5-8-14(15)16/h3-8H,1,9-10H2,2H3,(H,15,16)/b8-5+. The predicted octanol–water partition coefficient (Wildman–Crippen LogP) is 3.13. The Balaban J connectivity index is 2.50. The van der Waals surface area contributed by atoms with Crippen molar-refractivity contribution in [3.05, 3.63) is 48.1 Å². The molecule has 0 aromatic heterocycles. The number of rotatable bonds is 6. The summed E-state index contributed by atoms with van der Waals surface area (Å²) in [6.45, 7) is 6.37. The van der Waals surface area contributed by atoms with Crippen molar-refractivity contribution in [2.75, 3.05) is 6.61 Å². The van der Waals surface area contributed by atoms with Gasteiger partial charge < -0.3 is 9.84 Å². The van der Waals surface area contributed by atoms with E-state index in [4.69, 9.17) is 9.84 Å². The molecule has 0 aliphatic carbocycles. The summed E-state index contributed by atoms with van der Waals surface area (Å²) < 4.78 is 5.50. The van der Waals surface area contributed by atoms with Crippen molar-refractivity contribution in [2.24, 2.45) is 0 Å². The van der Waals surface area contributed by atoms with Gasteiger partial charge in [-0.25, -0.2) is 4.79 Å². The lowest BCUT2D eigenvalue weighted by Gasteiger charge is -2.05. The van der Waals surface area contributed by atoms with Gasteiger partial charge in [0.25, 0.3) is 0 Å². The van der Waals surface area contributed by atoms with Crippen molar-refractivity contribution in [3.8, 4) is 5.75 Å². The molecule has 0 unspecified atom stereocenters.